The molecule has 72 valence electrons. The summed E-state index contributed by atoms with van der Waals surface area (Å²) < 4.78 is 1.10. The zero-order valence-electron chi connectivity index (χ0n) is 7.53. The Morgan fingerprint density at radius 1 is 1.14 bits per heavy atom. The molecule has 0 bridgehead atoms. The van der Waals surface area contributed by atoms with Crippen LogP contribution >= 0.6 is 27.3 Å². The van der Waals surface area contributed by atoms with Gasteiger partial charge in [0, 0.05) is 15.9 Å². The highest BCUT2D eigenvalue weighted by Crippen LogP contribution is 2.28. The number of halogens is 1. The van der Waals surface area contributed by atoms with Crippen LogP contribution in [0.2, 0.25) is 0 Å². The molecule has 2 N–H and O–H groups in total. The summed E-state index contributed by atoms with van der Waals surface area (Å²) in [7, 11) is 0. The maximum absolute atomic E-state index is 5.66. The zero-order chi connectivity index (χ0) is 9.97. The predicted molar refractivity (Wildman–Crippen MR) is 65.3 cm³/mol. The van der Waals surface area contributed by atoms with E-state index in [0.717, 1.165) is 4.47 Å². The number of rotatable bonds is 2. The minimum absolute atomic E-state index is 0.614. The van der Waals surface area contributed by atoms with E-state index in [1.807, 2.05) is 12.1 Å². The molecule has 0 amide bonds. The second kappa shape index (κ2) is 4.26. The maximum atomic E-state index is 5.66. The van der Waals surface area contributed by atoms with Gasteiger partial charge in [0.15, 0.2) is 0 Å². The van der Waals surface area contributed by atoms with Crippen molar-refractivity contribution in [2.75, 3.05) is 0 Å². The second-order valence-corrected chi connectivity index (χ2v) is 4.88. The average molecular weight is 268 g/mol. The SMILES string of the molecule is NCc1sccc1-c1ccc(Br)cc1. The van der Waals surface area contributed by atoms with E-state index >= 15 is 0 Å². The Kier molecular flexibility index (Phi) is 3.01. The molecule has 0 atom stereocenters. The van der Waals surface area contributed by atoms with E-state index in [4.69, 9.17) is 5.73 Å². The molecule has 0 fully saturated rings. The molecule has 1 nitrogen and oxygen atoms in total. The van der Waals surface area contributed by atoms with Gasteiger partial charge in [-0.25, -0.2) is 0 Å². The third kappa shape index (κ3) is 1.90. The maximum Gasteiger partial charge on any atom is 0.0280 e. The molecule has 1 heterocycles. The number of hydrogen-bond acceptors (Lipinski definition) is 2. The van der Waals surface area contributed by atoms with Crippen LogP contribution in [0.4, 0.5) is 0 Å². The molecule has 0 aliphatic carbocycles. The molecule has 0 saturated carbocycles. The molecule has 0 spiro atoms. The minimum atomic E-state index is 0.614. The molecule has 1 aromatic heterocycles. The Labute approximate surface area is 95.7 Å². The van der Waals surface area contributed by atoms with Crippen LogP contribution < -0.4 is 5.73 Å². The monoisotopic (exact) mass is 267 g/mol. The topological polar surface area (TPSA) is 26.0 Å². The molecule has 0 unspecified atom stereocenters. The van der Waals surface area contributed by atoms with E-state index in [0.29, 0.717) is 6.54 Å². The van der Waals surface area contributed by atoms with Crippen molar-refractivity contribution in [3.8, 4) is 11.1 Å². The van der Waals surface area contributed by atoms with Crippen LogP contribution in [-0.2, 0) is 6.54 Å². The van der Waals surface area contributed by atoms with Crippen LogP contribution in [0.1, 0.15) is 4.88 Å². The lowest BCUT2D eigenvalue weighted by molar-refractivity contribution is 1.11. The molecule has 2 aromatic rings. The van der Waals surface area contributed by atoms with Crippen LogP contribution in [0.15, 0.2) is 40.2 Å². The summed E-state index contributed by atoms with van der Waals surface area (Å²) >= 11 is 5.13. The molecule has 0 aliphatic rings. The number of nitrogens with two attached hydrogens (primary N) is 1. The van der Waals surface area contributed by atoms with Crippen molar-refractivity contribution >= 4 is 27.3 Å². The standard InChI is InChI=1S/C11H10BrNS/c12-9-3-1-8(2-4-9)10-5-6-14-11(10)7-13/h1-6H,7,13H2. The Bertz CT molecular complexity index is 419. The number of thiophene rings is 1. The number of benzene rings is 1. The molecule has 0 aliphatic heterocycles. The highest BCUT2D eigenvalue weighted by atomic mass is 79.9. The van der Waals surface area contributed by atoms with Crippen LogP contribution in [0.5, 0.6) is 0 Å². The molecule has 2 rings (SSSR count). The fourth-order valence-corrected chi connectivity index (χ4v) is 2.43. The van der Waals surface area contributed by atoms with E-state index < -0.39 is 0 Å². The van der Waals surface area contributed by atoms with Gasteiger partial charge in [0.2, 0.25) is 0 Å². The lowest BCUT2D eigenvalue weighted by Crippen LogP contribution is -1.94. The van der Waals surface area contributed by atoms with Crippen LogP contribution in [0.3, 0.4) is 0 Å². The van der Waals surface area contributed by atoms with E-state index in [1.54, 1.807) is 11.3 Å². The fraction of sp³-hybridized carbons (Fsp3) is 0.0909. The molecule has 3 heteroatoms. The third-order valence-corrected chi connectivity index (χ3v) is 3.56. The van der Waals surface area contributed by atoms with Gasteiger partial charge in [-0.2, -0.15) is 0 Å². The van der Waals surface area contributed by atoms with Crippen LogP contribution in [0.25, 0.3) is 11.1 Å². The van der Waals surface area contributed by atoms with Crippen molar-refractivity contribution in [1.29, 1.82) is 0 Å². The van der Waals surface area contributed by atoms with Crippen LogP contribution in [0, 0.1) is 0 Å². The molecule has 0 radical (unpaired) electrons. The summed E-state index contributed by atoms with van der Waals surface area (Å²) in [5, 5.41) is 2.08. The third-order valence-electron chi connectivity index (χ3n) is 2.09. The largest absolute Gasteiger partial charge is 0.326 e. The van der Waals surface area contributed by atoms with Crippen molar-refractivity contribution < 1.29 is 0 Å². The first-order valence-electron chi connectivity index (χ1n) is 4.33. The van der Waals surface area contributed by atoms with E-state index in [2.05, 4.69) is 39.5 Å². The zero-order valence-corrected chi connectivity index (χ0v) is 9.94. The van der Waals surface area contributed by atoms with E-state index in [-0.39, 0.29) is 0 Å². The molecular weight excluding hydrogens is 258 g/mol. The van der Waals surface area contributed by atoms with Crippen LogP contribution in [-0.4, -0.2) is 0 Å². The second-order valence-electron chi connectivity index (χ2n) is 2.97. The Hall–Kier alpha value is -0.640. The van der Waals surface area contributed by atoms with Crippen molar-refractivity contribution in [3.63, 3.8) is 0 Å². The van der Waals surface area contributed by atoms with Gasteiger partial charge in [0.25, 0.3) is 0 Å². The molecule has 0 saturated heterocycles. The lowest BCUT2D eigenvalue weighted by Gasteiger charge is -2.01. The van der Waals surface area contributed by atoms with Crippen molar-refractivity contribution in [2.45, 2.75) is 6.54 Å². The van der Waals surface area contributed by atoms with Gasteiger partial charge in [-0.1, -0.05) is 28.1 Å². The van der Waals surface area contributed by atoms with Crippen molar-refractivity contribution in [3.05, 3.63) is 45.1 Å². The summed E-state index contributed by atoms with van der Waals surface area (Å²) in [6, 6.07) is 10.4. The van der Waals surface area contributed by atoms with Gasteiger partial charge in [0.1, 0.15) is 0 Å². The lowest BCUT2D eigenvalue weighted by atomic mass is 10.1. The fourth-order valence-electron chi connectivity index (χ4n) is 1.39. The Morgan fingerprint density at radius 3 is 2.50 bits per heavy atom. The molecule has 1 aromatic carbocycles. The van der Waals surface area contributed by atoms with Gasteiger partial charge < -0.3 is 5.73 Å². The van der Waals surface area contributed by atoms with Gasteiger partial charge in [0.05, 0.1) is 0 Å². The van der Waals surface area contributed by atoms with E-state index in [1.165, 1.54) is 16.0 Å². The van der Waals surface area contributed by atoms with E-state index in [9.17, 15) is 0 Å². The molecule has 14 heavy (non-hydrogen) atoms. The Balaban J connectivity index is 2.44. The quantitative estimate of drug-likeness (QED) is 0.884. The van der Waals surface area contributed by atoms with Crippen molar-refractivity contribution in [2.24, 2.45) is 5.73 Å². The summed E-state index contributed by atoms with van der Waals surface area (Å²) in [4.78, 5) is 1.24. The van der Waals surface area contributed by atoms with Gasteiger partial charge in [-0.15, -0.1) is 11.3 Å². The average Bonchev–Trinajstić information content (AvgIpc) is 2.67. The smallest absolute Gasteiger partial charge is 0.0280 e. The highest BCUT2D eigenvalue weighted by molar-refractivity contribution is 9.10. The first-order chi connectivity index (χ1) is 6.81. The minimum Gasteiger partial charge on any atom is -0.326 e. The van der Waals surface area contributed by atoms with Gasteiger partial charge in [-0.3, -0.25) is 0 Å². The van der Waals surface area contributed by atoms with Gasteiger partial charge in [-0.05, 0) is 34.7 Å². The first kappa shape index (κ1) is 9.90. The molecular formula is C11H10BrNS. The normalized spacial score (nSPS) is 10.4. The summed E-state index contributed by atoms with van der Waals surface area (Å²) in [6.07, 6.45) is 0. The highest BCUT2D eigenvalue weighted by Gasteiger charge is 2.04. The summed E-state index contributed by atoms with van der Waals surface area (Å²) in [6.45, 7) is 0.614. The predicted octanol–water partition coefficient (Wildman–Crippen LogP) is 3.64. The number of hydrogen-bond donors (Lipinski definition) is 1. The summed E-state index contributed by atoms with van der Waals surface area (Å²) in [5.74, 6) is 0. The summed E-state index contributed by atoms with van der Waals surface area (Å²) in [5.41, 5.74) is 8.15. The van der Waals surface area contributed by atoms with Crippen molar-refractivity contribution in [1.82, 2.24) is 0 Å². The first-order valence-corrected chi connectivity index (χ1v) is 6.01. The van der Waals surface area contributed by atoms with Gasteiger partial charge >= 0.3 is 0 Å². The Morgan fingerprint density at radius 2 is 1.86 bits per heavy atom.